The molecule has 0 heterocycles. The number of rotatable bonds is 11. The van der Waals surface area contributed by atoms with Crippen molar-refractivity contribution in [2.24, 2.45) is 23.5 Å². The Kier molecular flexibility index (Phi) is 9.38. The average molecular weight is 335 g/mol. The number of benzene rings is 1. The lowest BCUT2D eigenvalue weighted by Gasteiger charge is -2.26. The molecule has 2 N–H and O–H groups in total. The van der Waals surface area contributed by atoms with Gasteiger partial charge in [-0.3, -0.25) is 0 Å². The van der Waals surface area contributed by atoms with Crippen LogP contribution in [0.4, 0.5) is 0 Å². The van der Waals surface area contributed by atoms with Gasteiger partial charge in [-0.25, -0.2) is 0 Å². The molecule has 3 heteroatoms. The van der Waals surface area contributed by atoms with E-state index in [4.69, 9.17) is 10.5 Å². The number of ether oxygens (including phenoxy) is 1. The molecule has 0 aromatic heterocycles. The predicted molar refractivity (Wildman–Crippen MR) is 105 cm³/mol. The molecule has 0 saturated carbocycles. The van der Waals surface area contributed by atoms with Gasteiger partial charge in [-0.2, -0.15) is 0 Å². The van der Waals surface area contributed by atoms with Crippen LogP contribution in [0.15, 0.2) is 24.3 Å². The summed E-state index contributed by atoms with van der Waals surface area (Å²) in [4.78, 5) is 2.27. The van der Waals surface area contributed by atoms with E-state index in [9.17, 15) is 0 Å². The van der Waals surface area contributed by atoms with Gasteiger partial charge in [0, 0.05) is 12.5 Å². The first-order valence-electron chi connectivity index (χ1n) is 9.44. The van der Waals surface area contributed by atoms with Crippen LogP contribution in [0.5, 0.6) is 5.75 Å². The lowest BCUT2D eigenvalue weighted by atomic mass is 9.85. The topological polar surface area (TPSA) is 38.5 Å². The maximum Gasteiger partial charge on any atom is 0.119 e. The second-order valence-corrected chi connectivity index (χ2v) is 7.87. The highest BCUT2D eigenvalue weighted by molar-refractivity contribution is 5.31. The largest absolute Gasteiger partial charge is 0.493 e. The van der Waals surface area contributed by atoms with Crippen LogP contribution >= 0.6 is 0 Å². The zero-order valence-electron chi connectivity index (χ0n) is 16.6. The maximum absolute atomic E-state index is 6.07. The minimum Gasteiger partial charge on any atom is -0.493 e. The Morgan fingerprint density at radius 2 is 1.88 bits per heavy atom. The standard InChI is InChI=1S/C21H38N2O/c1-7-21(17(4)14-23(5)6)19-9-8-10-20(12-19)24-15-18(13-22)11-16(2)3/h8-10,12,16-18,21H,7,11,13-15,22H2,1-6H3. The number of nitrogens with zero attached hydrogens (tertiary/aromatic N) is 1. The Morgan fingerprint density at radius 3 is 2.42 bits per heavy atom. The van der Waals surface area contributed by atoms with Gasteiger partial charge in [0.05, 0.1) is 6.61 Å². The summed E-state index contributed by atoms with van der Waals surface area (Å²) in [5.74, 6) is 3.26. The van der Waals surface area contributed by atoms with E-state index in [0.717, 1.165) is 25.1 Å². The monoisotopic (exact) mass is 334 g/mol. The zero-order chi connectivity index (χ0) is 18.1. The number of nitrogens with two attached hydrogens (primary N) is 1. The van der Waals surface area contributed by atoms with Crippen molar-refractivity contribution in [1.29, 1.82) is 0 Å². The molecule has 138 valence electrons. The highest BCUT2D eigenvalue weighted by atomic mass is 16.5. The molecule has 0 spiro atoms. The fourth-order valence-corrected chi connectivity index (χ4v) is 3.62. The molecule has 0 fully saturated rings. The first-order valence-corrected chi connectivity index (χ1v) is 9.44. The lowest BCUT2D eigenvalue weighted by molar-refractivity contribution is 0.230. The maximum atomic E-state index is 6.07. The van der Waals surface area contributed by atoms with Gasteiger partial charge >= 0.3 is 0 Å². The van der Waals surface area contributed by atoms with Crippen LogP contribution in [-0.4, -0.2) is 38.7 Å². The molecule has 24 heavy (non-hydrogen) atoms. The molecule has 0 aliphatic rings. The smallest absolute Gasteiger partial charge is 0.119 e. The fourth-order valence-electron chi connectivity index (χ4n) is 3.62. The van der Waals surface area contributed by atoms with Crippen LogP contribution in [0.2, 0.25) is 0 Å². The van der Waals surface area contributed by atoms with Crippen LogP contribution in [0.3, 0.4) is 0 Å². The third-order valence-electron chi connectivity index (χ3n) is 4.69. The van der Waals surface area contributed by atoms with Gasteiger partial charge in [-0.1, -0.05) is 39.8 Å². The molecule has 1 rings (SSSR count). The van der Waals surface area contributed by atoms with E-state index in [2.05, 4.69) is 71.0 Å². The van der Waals surface area contributed by atoms with E-state index < -0.39 is 0 Å². The van der Waals surface area contributed by atoms with Gasteiger partial charge in [0.25, 0.3) is 0 Å². The first-order chi connectivity index (χ1) is 11.4. The van der Waals surface area contributed by atoms with Gasteiger partial charge < -0.3 is 15.4 Å². The van der Waals surface area contributed by atoms with Crippen molar-refractivity contribution >= 4 is 0 Å². The molecule has 0 amide bonds. The third-order valence-corrected chi connectivity index (χ3v) is 4.69. The van der Waals surface area contributed by atoms with Crippen molar-refractivity contribution in [1.82, 2.24) is 4.90 Å². The SMILES string of the molecule is CCC(c1cccc(OCC(CN)CC(C)C)c1)C(C)CN(C)C. The van der Waals surface area contributed by atoms with Crippen LogP contribution in [0.1, 0.15) is 52.0 Å². The second kappa shape index (κ2) is 10.7. The third kappa shape index (κ3) is 7.23. The summed E-state index contributed by atoms with van der Waals surface area (Å²) in [6.45, 7) is 11.6. The Bertz CT molecular complexity index is 459. The second-order valence-electron chi connectivity index (χ2n) is 7.87. The zero-order valence-corrected chi connectivity index (χ0v) is 16.6. The molecule has 0 bridgehead atoms. The minimum absolute atomic E-state index is 0.434. The molecule has 3 unspecified atom stereocenters. The van der Waals surface area contributed by atoms with Crippen LogP contribution in [0.25, 0.3) is 0 Å². The van der Waals surface area contributed by atoms with Gasteiger partial charge in [0.1, 0.15) is 5.75 Å². The van der Waals surface area contributed by atoms with E-state index >= 15 is 0 Å². The van der Waals surface area contributed by atoms with E-state index in [-0.39, 0.29) is 0 Å². The first kappa shape index (κ1) is 21.0. The summed E-state index contributed by atoms with van der Waals surface area (Å²) in [5.41, 5.74) is 7.27. The van der Waals surface area contributed by atoms with Crippen molar-refractivity contribution in [3.05, 3.63) is 29.8 Å². The normalized spacial score (nSPS) is 15.5. The minimum atomic E-state index is 0.434. The summed E-state index contributed by atoms with van der Waals surface area (Å²) >= 11 is 0. The van der Waals surface area contributed by atoms with E-state index in [1.807, 2.05) is 0 Å². The van der Waals surface area contributed by atoms with E-state index in [1.165, 1.54) is 5.56 Å². The van der Waals surface area contributed by atoms with Crippen molar-refractivity contribution in [3.63, 3.8) is 0 Å². The summed E-state index contributed by atoms with van der Waals surface area (Å²) in [5, 5.41) is 0. The van der Waals surface area contributed by atoms with Crippen molar-refractivity contribution < 1.29 is 4.74 Å². The molecular formula is C21H38N2O. The summed E-state index contributed by atoms with van der Waals surface area (Å²) < 4.78 is 6.07. The Labute approximate surface area is 149 Å². The molecule has 0 aliphatic carbocycles. The molecular weight excluding hydrogens is 296 g/mol. The highest BCUT2D eigenvalue weighted by Crippen LogP contribution is 2.30. The average Bonchev–Trinajstić information content (AvgIpc) is 2.51. The van der Waals surface area contributed by atoms with Crippen molar-refractivity contribution in [3.8, 4) is 5.75 Å². The van der Waals surface area contributed by atoms with Gasteiger partial charge in [0.2, 0.25) is 0 Å². The van der Waals surface area contributed by atoms with Gasteiger partial charge in [0.15, 0.2) is 0 Å². The molecule has 1 aromatic rings. The lowest BCUT2D eigenvalue weighted by Crippen LogP contribution is -2.24. The summed E-state index contributed by atoms with van der Waals surface area (Å²) in [7, 11) is 4.29. The summed E-state index contributed by atoms with van der Waals surface area (Å²) in [6, 6.07) is 8.65. The Hall–Kier alpha value is -1.06. The van der Waals surface area contributed by atoms with Crippen LogP contribution in [-0.2, 0) is 0 Å². The molecule has 0 radical (unpaired) electrons. The quantitative estimate of drug-likeness (QED) is 0.653. The summed E-state index contributed by atoms with van der Waals surface area (Å²) in [6.07, 6.45) is 2.27. The van der Waals surface area contributed by atoms with Crippen molar-refractivity contribution in [2.75, 3.05) is 33.8 Å². The number of hydrogen-bond acceptors (Lipinski definition) is 3. The fraction of sp³-hybridized carbons (Fsp3) is 0.714. The van der Waals surface area contributed by atoms with Gasteiger partial charge in [-0.15, -0.1) is 0 Å². The molecule has 3 nitrogen and oxygen atoms in total. The van der Waals surface area contributed by atoms with E-state index in [0.29, 0.717) is 36.8 Å². The molecule has 0 saturated heterocycles. The van der Waals surface area contributed by atoms with Gasteiger partial charge in [-0.05, 0) is 68.9 Å². The van der Waals surface area contributed by atoms with Crippen molar-refractivity contribution in [2.45, 2.75) is 46.5 Å². The number of hydrogen-bond donors (Lipinski definition) is 1. The van der Waals surface area contributed by atoms with Crippen LogP contribution in [0, 0.1) is 17.8 Å². The molecule has 3 atom stereocenters. The van der Waals surface area contributed by atoms with Crippen LogP contribution < -0.4 is 10.5 Å². The highest BCUT2D eigenvalue weighted by Gasteiger charge is 2.19. The Balaban J connectivity index is 2.74. The van der Waals surface area contributed by atoms with E-state index in [1.54, 1.807) is 0 Å². The Morgan fingerprint density at radius 1 is 1.17 bits per heavy atom. The molecule has 0 aliphatic heterocycles. The molecule has 1 aromatic carbocycles. The predicted octanol–water partition coefficient (Wildman–Crippen LogP) is 4.38.